The summed E-state index contributed by atoms with van der Waals surface area (Å²) in [4.78, 5) is 16.2. The Morgan fingerprint density at radius 3 is 2.78 bits per heavy atom. The summed E-state index contributed by atoms with van der Waals surface area (Å²) in [7, 11) is 0. The molecule has 0 atom stereocenters. The van der Waals surface area contributed by atoms with Gasteiger partial charge in [-0.2, -0.15) is 0 Å². The molecule has 0 radical (unpaired) electrons. The number of nitrogens with zero attached hydrogens (tertiary/aromatic N) is 2. The van der Waals surface area contributed by atoms with Gasteiger partial charge in [-0.3, -0.25) is 4.79 Å². The van der Waals surface area contributed by atoms with Gasteiger partial charge in [0.15, 0.2) is 0 Å². The fraction of sp³-hybridized carbons (Fsp3) is 0.529. The molecule has 1 aliphatic rings. The molecule has 3 heterocycles. The van der Waals surface area contributed by atoms with Crippen molar-refractivity contribution in [3.63, 3.8) is 0 Å². The van der Waals surface area contributed by atoms with E-state index < -0.39 is 0 Å². The van der Waals surface area contributed by atoms with Gasteiger partial charge < -0.3 is 14.2 Å². The third-order valence-electron chi connectivity index (χ3n) is 4.37. The SMILES string of the molecule is Cc1noc(C)c1CC(=O)N(Cc1cccs1)C1CCOCC1. The van der Waals surface area contributed by atoms with Crippen molar-refractivity contribution in [2.45, 2.75) is 45.7 Å². The molecule has 1 amide bonds. The van der Waals surface area contributed by atoms with Crippen LogP contribution >= 0.6 is 11.3 Å². The van der Waals surface area contributed by atoms with Gasteiger partial charge in [-0.1, -0.05) is 11.2 Å². The van der Waals surface area contributed by atoms with Gasteiger partial charge >= 0.3 is 0 Å². The third-order valence-corrected chi connectivity index (χ3v) is 5.23. The van der Waals surface area contributed by atoms with E-state index >= 15 is 0 Å². The minimum absolute atomic E-state index is 0.139. The number of ether oxygens (including phenoxy) is 1. The largest absolute Gasteiger partial charge is 0.381 e. The molecule has 0 N–H and O–H groups in total. The van der Waals surface area contributed by atoms with Crippen molar-refractivity contribution in [3.8, 4) is 0 Å². The number of rotatable bonds is 5. The van der Waals surface area contributed by atoms with Crippen molar-refractivity contribution in [2.75, 3.05) is 13.2 Å². The Balaban J connectivity index is 1.77. The van der Waals surface area contributed by atoms with Crippen molar-refractivity contribution in [3.05, 3.63) is 39.4 Å². The van der Waals surface area contributed by atoms with E-state index in [1.54, 1.807) is 11.3 Å². The summed E-state index contributed by atoms with van der Waals surface area (Å²) >= 11 is 1.69. The number of carbonyl (C=O) groups excluding carboxylic acids is 1. The number of thiophene rings is 1. The van der Waals surface area contributed by atoms with E-state index in [0.717, 1.165) is 43.1 Å². The Morgan fingerprint density at radius 1 is 1.39 bits per heavy atom. The summed E-state index contributed by atoms with van der Waals surface area (Å²) in [5.74, 6) is 0.874. The molecule has 23 heavy (non-hydrogen) atoms. The second-order valence-electron chi connectivity index (χ2n) is 5.92. The van der Waals surface area contributed by atoms with Gasteiger partial charge in [0, 0.05) is 29.7 Å². The lowest BCUT2D eigenvalue weighted by molar-refractivity contribution is -0.135. The predicted octanol–water partition coefficient (Wildman–Crippen LogP) is 3.10. The predicted molar refractivity (Wildman–Crippen MR) is 88.4 cm³/mol. The van der Waals surface area contributed by atoms with Crippen molar-refractivity contribution in [1.82, 2.24) is 10.1 Å². The first-order chi connectivity index (χ1) is 11.1. The average Bonchev–Trinajstić information content (AvgIpc) is 3.18. The van der Waals surface area contributed by atoms with Crippen LogP contribution in [0.1, 0.15) is 34.7 Å². The molecule has 1 aliphatic heterocycles. The van der Waals surface area contributed by atoms with Crippen LogP contribution in [0.3, 0.4) is 0 Å². The second-order valence-corrected chi connectivity index (χ2v) is 6.96. The second kappa shape index (κ2) is 7.27. The molecule has 5 nitrogen and oxygen atoms in total. The van der Waals surface area contributed by atoms with Crippen LogP contribution in [-0.2, 0) is 22.5 Å². The summed E-state index contributed by atoms with van der Waals surface area (Å²) in [5, 5.41) is 6.00. The zero-order valence-electron chi connectivity index (χ0n) is 13.6. The molecule has 1 saturated heterocycles. The molecule has 124 valence electrons. The molecule has 0 aromatic carbocycles. The fourth-order valence-electron chi connectivity index (χ4n) is 3.00. The van der Waals surface area contributed by atoms with Crippen molar-refractivity contribution in [2.24, 2.45) is 0 Å². The highest BCUT2D eigenvalue weighted by atomic mass is 32.1. The Morgan fingerprint density at radius 2 is 2.17 bits per heavy atom. The number of hydrogen-bond acceptors (Lipinski definition) is 5. The highest BCUT2D eigenvalue weighted by Crippen LogP contribution is 2.22. The van der Waals surface area contributed by atoms with Crippen molar-refractivity contribution in [1.29, 1.82) is 0 Å². The summed E-state index contributed by atoms with van der Waals surface area (Å²) < 4.78 is 10.6. The van der Waals surface area contributed by atoms with Crippen LogP contribution in [0, 0.1) is 13.8 Å². The number of amides is 1. The number of aryl methyl sites for hydroxylation is 2. The zero-order valence-corrected chi connectivity index (χ0v) is 14.4. The van der Waals surface area contributed by atoms with E-state index in [9.17, 15) is 4.79 Å². The maximum absolute atomic E-state index is 13.0. The van der Waals surface area contributed by atoms with Crippen molar-refractivity contribution >= 4 is 17.2 Å². The Labute approximate surface area is 140 Å². The summed E-state index contributed by atoms with van der Waals surface area (Å²) in [5.41, 5.74) is 1.72. The van der Waals surface area contributed by atoms with E-state index in [-0.39, 0.29) is 11.9 Å². The van der Waals surface area contributed by atoms with Crippen LogP contribution in [0.15, 0.2) is 22.0 Å². The molecular weight excluding hydrogens is 312 g/mol. The van der Waals surface area contributed by atoms with Crippen LogP contribution < -0.4 is 0 Å². The summed E-state index contributed by atoms with van der Waals surface area (Å²) in [6.07, 6.45) is 2.15. The molecule has 1 fully saturated rings. The van der Waals surface area contributed by atoms with Gasteiger partial charge in [0.1, 0.15) is 5.76 Å². The van der Waals surface area contributed by atoms with Crippen LogP contribution in [0.5, 0.6) is 0 Å². The molecule has 3 rings (SSSR count). The molecule has 2 aromatic heterocycles. The molecule has 0 unspecified atom stereocenters. The Hall–Kier alpha value is -1.66. The smallest absolute Gasteiger partial charge is 0.227 e. The van der Waals surface area contributed by atoms with Crippen LogP contribution in [-0.4, -0.2) is 35.2 Å². The first-order valence-electron chi connectivity index (χ1n) is 7.96. The van der Waals surface area contributed by atoms with E-state index in [0.29, 0.717) is 13.0 Å². The van der Waals surface area contributed by atoms with E-state index in [4.69, 9.17) is 9.26 Å². The molecule has 6 heteroatoms. The van der Waals surface area contributed by atoms with Gasteiger partial charge in [-0.05, 0) is 38.1 Å². The molecule has 2 aromatic rings. The maximum Gasteiger partial charge on any atom is 0.227 e. The number of carbonyl (C=O) groups is 1. The van der Waals surface area contributed by atoms with Gasteiger partial charge in [0.05, 0.1) is 18.7 Å². The van der Waals surface area contributed by atoms with Gasteiger partial charge in [-0.15, -0.1) is 11.3 Å². The molecular formula is C17H22N2O3S. The minimum Gasteiger partial charge on any atom is -0.381 e. The zero-order chi connectivity index (χ0) is 16.2. The Bertz CT molecular complexity index is 625. The quantitative estimate of drug-likeness (QED) is 0.843. The van der Waals surface area contributed by atoms with E-state index in [1.807, 2.05) is 24.8 Å². The fourth-order valence-corrected chi connectivity index (χ4v) is 3.70. The van der Waals surface area contributed by atoms with E-state index in [2.05, 4.69) is 16.6 Å². The normalized spacial score (nSPS) is 15.7. The van der Waals surface area contributed by atoms with Gasteiger partial charge in [0.25, 0.3) is 0 Å². The number of aromatic nitrogens is 1. The summed E-state index contributed by atoms with van der Waals surface area (Å²) in [6.45, 7) is 5.87. The highest BCUT2D eigenvalue weighted by molar-refractivity contribution is 7.09. The summed E-state index contributed by atoms with van der Waals surface area (Å²) in [6, 6.07) is 4.36. The molecule has 0 saturated carbocycles. The van der Waals surface area contributed by atoms with Gasteiger partial charge in [0.2, 0.25) is 5.91 Å². The lowest BCUT2D eigenvalue weighted by Crippen LogP contribution is -2.43. The average molecular weight is 334 g/mol. The van der Waals surface area contributed by atoms with Crippen LogP contribution in [0.25, 0.3) is 0 Å². The van der Waals surface area contributed by atoms with Crippen LogP contribution in [0.4, 0.5) is 0 Å². The monoisotopic (exact) mass is 334 g/mol. The number of hydrogen-bond donors (Lipinski definition) is 0. The minimum atomic E-state index is 0.139. The first kappa shape index (κ1) is 16.2. The molecule has 0 spiro atoms. The molecule has 0 aliphatic carbocycles. The highest BCUT2D eigenvalue weighted by Gasteiger charge is 2.27. The van der Waals surface area contributed by atoms with Gasteiger partial charge in [-0.25, -0.2) is 0 Å². The lowest BCUT2D eigenvalue weighted by Gasteiger charge is -2.34. The standard InChI is InChI=1S/C17H22N2O3S/c1-12-16(13(2)22-18-12)10-17(20)19(11-15-4-3-9-23-15)14-5-7-21-8-6-14/h3-4,9,14H,5-8,10-11H2,1-2H3. The maximum atomic E-state index is 13.0. The Kier molecular flexibility index (Phi) is 5.13. The third kappa shape index (κ3) is 3.82. The lowest BCUT2D eigenvalue weighted by atomic mass is 10.0. The molecule has 0 bridgehead atoms. The first-order valence-corrected chi connectivity index (χ1v) is 8.84. The topological polar surface area (TPSA) is 55.6 Å². The van der Waals surface area contributed by atoms with Crippen LogP contribution in [0.2, 0.25) is 0 Å². The van der Waals surface area contributed by atoms with E-state index in [1.165, 1.54) is 4.88 Å². The van der Waals surface area contributed by atoms with Crippen molar-refractivity contribution < 1.29 is 14.1 Å².